The molecule has 8 nitrogen and oxygen atoms in total. The fraction of sp³-hybridized carbons (Fsp3) is 0.800. The van der Waals surface area contributed by atoms with Gasteiger partial charge in [0.05, 0.1) is 43.5 Å². The standard InChI is InChI=1S/C15H24O4.C15H22O4/c2*1-3-18-15(17)13(6-7-16)12-8-10(2)19-14(9-12)11-4-5-11/h7,10-14H,3-6,8-9H2,1-2H3;7,10-11,14H,3-6,8-9H2,1-2H3/b;13-12-/t10-,12+,13+,14+;10-,14+/m11/s1. The quantitative estimate of drug-likeness (QED) is 0.212. The first-order valence-corrected chi connectivity index (χ1v) is 14.5. The van der Waals surface area contributed by atoms with Gasteiger partial charge in [-0.1, -0.05) is 5.57 Å². The summed E-state index contributed by atoms with van der Waals surface area (Å²) in [6.45, 7) is 8.38. The Bertz CT molecular complexity index is 843. The summed E-state index contributed by atoms with van der Waals surface area (Å²) in [5.41, 5.74) is 1.61. The van der Waals surface area contributed by atoms with E-state index in [2.05, 4.69) is 6.92 Å². The molecule has 2 heterocycles. The predicted molar refractivity (Wildman–Crippen MR) is 141 cm³/mol. The summed E-state index contributed by atoms with van der Waals surface area (Å²) >= 11 is 0. The van der Waals surface area contributed by atoms with Crippen molar-refractivity contribution in [3.63, 3.8) is 0 Å². The first-order chi connectivity index (χ1) is 18.3. The molecule has 0 spiro atoms. The lowest BCUT2D eigenvalue weighted by molar-refractivity contribution is -0.155. The van der Waals surface area contributed by atoms with Crippen LogP contribution in [0.15, 0.2) is 11.1 Å². The van der Waals surface area contributed by atoms with Gasteiger partial charge >= 0.3 is 11.9 Å². The molecule has 0 radical (unpaired) electrons. The van der Waals surface area contributed by atoms with Gasteiger partial charge in [0.15, 0.2) is 0 Å². The fourth-order valence-corrected chi connectivity index (χ4v) is 5.90. The van der Waals surface area contributed by atoms with Crippen LogP contribution in [0.1, 0.15) is 91.9 Å². The van der Waals surface area contributed by atoms with Crippen molar-refractivity contribution in [2.24, 2.45) is 23.7 Å². The van der Waals surface area contributed by atoms with Gasteiger partial charge in [0, 0.05) is 18.4 Å². The molecular weight excluding hydrogens is 488 g/mol. The third-order valence-electron chi connectivity index (χ3n) is 8.01. The smallest absolute Gasteiger partial charge is 0.334 e. The van der Waals surface area contributed by atoms with E-state index in [-0.39, 0.29) is 61.0 Å². The lowest BCUT2D eigenvalue weighted by atomic mass is 9.79. The minimum absolute atomic E-state index is 0.116. The average molecular weight is 535 g/mol. The molecule has 2 saturated carbocycles. The third kappa shape index (κ3) is 9.01. The highest BCUT2D eigenvalue weighted by molar-refractivity contribution is 5.92. The van der Waals surface area contributed by atoms with Crippen molar-refractivity contribution in [1.29, 1.82) is 0 Å². The van der Waals surface area contributed by atoms with Crippen LogP contribution < -0.4 is 0 Å². The van der Waals surface area contributed by atoms with Crippen LogP contribution in [0.2, 0.25) is 0 Å². The van der Waals surface area contributed by atoms with E-state index >= 15 is 0 Å². The van der Waals surface area contributed by atoms with E-state index in [0.29, 0.717) is 30.6 Å². The van der Waals surface area contributed by atoms with Crippen LogP contribution in [0.3, 0.4) is 0 Å². The molecule has 0 aromatic carbocycles. The summed E-state index contributed by atoms with van der Waals surface area (Å²) in [5.74, 6) is 0.682. The van der Waals surface area contributed by atoms with Crippen molar-refractivity contribution in [3.05, 3.63) is 11.1 Å². The highest BCUT2D eigenvalue weighted by Crippen LogP contribution is 2.43. The Hall–Kier alpha value is -2.06. The second kappa shape index (κ2) is 14.9. The molecule has 0 aromatic heterocycles. The maximum absolute atomic E-state index is 12.0. The first kappa shape index (κ1) is 30.5. The molecule has 4 fully saturated rings. The van der Waals surface area contributed by atoms with E-state index in [4.69, 9.17) is 18.9 Å². The van der Waals surface area contributed by atoms with Crippen molar-refractivity contribution >= 4 is 24.5 Å². The van der Waals surface area contributed by atoms with Crippen LogP contribution in [-0.4, -0.2) is 62.1 Å². The van der Waals surface area contributed by atoms with Crippen molar-refractivity contribution in [1.82, 2.24) is 0 Å². The van der Waals surface area contributed by atoms with Crippen LogP contribution in [0.25, 0.3) is 0 Å². The molecule has 4 rings (SSSR count). The number of hydrogen-bond acceptors (Lipinski definition) is 8. The molecular formula is C30H46O8. The summed E-state index contributed by atoms with van der Waals surface area (Å²) in [6, 6.07) is 0. The zero-order valence-corrected chi connectivity index (χ0v) is 23.5. The van der Waals surface area contributed by atoms with Gasteiger partial charge in [-0.15, -0.1) is 0 Å². The number of hydrogen-bond donors (Lipinski definition) is 0. The summed E-state index contributed by atoms with van der Waals surface area (Å²) in [6.07, 6.45) is 11.0. The molecule has 4 aliphatic rings. The fourth-order valence-electron chi connectivity index (χ4n) is 5.90. The molecule has 8 heteroatoms. The first-order valence-electron chi connectivity index (χ1n) is 14.5. The van der Waals surface area contributed by atoms with E-state index in [1.165, 1.54) is 25.7 Å². The summed E-state index contributed by atoms with van der Waals surface area (Å²) in [4.78, 5) is 45.6. The molecule has 0 bridgehead atoms. The third-order valence-corrected chi connectivity index (χ3v) is 8.01. The van der Waals surface area contributed by atoms with Crippen molar-refractivity contribution in [2.75, 3.05) is 13.2 Å². The van der Waals surface area contributed by atoms with Crippen LogP contribution in [0.4, 0.5) is 0 Å². The van der Waals surface area contributed by atoms with E-state index in [1.807, 2.05) is 6.92 Å². The zero-order valence-electron chi connectivity index (χ0n) is 23.5. The summed E-state index contributed by atoms with van der Waals surface area (Å²) < 4.78 is 22.1. The number of carbonyl (C=O) groups excluding carboxylic acids is 4. The highest BCUT2D eigenvalue weighted by atomic mass is 16.5. The van der Waals surface area contributed by atoms with Gasteiger partial charge in [-0.05, 0) is 96.8 Å². The van der Waals surface area contributed by atoms with Gasteiger partial charge in [-0.3, -0.25) is 4.79 Å². The predicted octanol–water partition coefficient (Wildman–Crippen LogP) is 4.76. The minimum atomic E-state index is -0.340. The van der Waals surface area contributed by atoms with E-state index < -0.39 is 0 Å². The minimum Gasteiger partial charge on any atom is -0.466 e. The molecule has 2 aliphatic heterocycles. The van der Waals surface area contributed by atoms with Crippen molar-refractivity contribution in [3.8, 4) is 0 Å². The van der Waals surface area contributed by atoms with Gasteiger partial charge in [0.25, 0.3) is 0 Å². The molecule has 2 saturated heterocycles. The Morgan fingerprint density at radius 1 is 0.868 bits per heavy atom. The molecule has 6 atom stereocenters. The van der Waals surface area contributed by atoms with Crippen LogP contribution in [-0.2, 0) is 38.1 Å². The normalized spacial score (nSPS) is 31.2. The molecule has 214 valence electrons. The maximum Gasteiger partial charge on any atom is 0.334 e. The Kier molecular flexibility index (Phi) is 12.0. The molecule has 0 N–H and O–H groups in total. The number of aldehydes is 2. The second-order valence-corrected chi connectivity index (χ2v) is 11.2. The lowest BCUT2D eigenvalue weighted by Crippen LogP contribution is -2.38. The highest BCUT2D eigenvalue weighted by Gasteiger charge is 2.42. The topological polar surface area (TPSA) is 105 Å². The Labute approximate surface area is 227 Å². The largest absolute Gasteiger partial charge is 0.466 e. The Balaban J connectivity index is 0.000000211. The second-order valence-electron chi connectivity index (χ2n) is 11.2. The van der Waals surface area contributed by atoms with Crippen LogP contribution in [0.5, 0.6) is 0 Å². The lowest BCUT2D eigenvalue weighted by Gasteiger charge is -2.37. The monoisotopic (exact) mass is 534 g/mol. The van der Waals surface area contributed by atoms with Crippen LogP contribution in [0, 0.1) is 23.7 Å². The summed E-state index contributed by atoms with van der Waals surface area (Å²) in [7, 11) is 0. The van der Waals surface area contributed by atoms with Gasteiger partial charge in [0.2, 0.25) is 0 Å². The van der Waals surface area contributed by atoms with Crippen molar-refractivity contribution in [2.45, 2.75) is 116 Å². The van der Waals surface area contributed by atoms with Gasteiger partial charge < -0.3 is 28.5 Å². The number of rotatable bonds is 11. The number of ether oxygens (including phenoxy) is 4. The molecule has 2 aliphatic carbocycles. The maximum atomic E-state index is 12.0. The molecule has 0 aromatic rings. The average Bonchev–Trinajstić information content (AvgIpc) is 3.78. The molecule has 0 unspecified atom stereocenters. The van der Waals surface area contributed by atoms with E-state index in [9.17, 15) is 19.2 Å². The summed E-state index contributed by atoms with van der Waals surface area (Å²) in [5, 5.41) is 0. The number of carbonyl (C=O) groups is 4. The van der Waals surface area contributed by atoms with Crippen molar-refractivity contribution < 1.29 is 38.1 Å². The molecule has 38 heavy (non-hydrogen) atoms. The van der Waals surface area contributed by atoms with E-state index in [1.54, 1.807) is 13.8 Å². The molecule has 0 amide bonds. The van der Waals surface area contributed by atoms with E-state index in [0.717, 1.165) is 43.8 Å². The zero-order chi connectivity index (χ0) is 27.7. The SMILES string of the molecule is CCOC(=O)/C(CC=O)=C1/C[C@@H](C)O[C@H](C2CC2)C1.CCOC(=O)[C@@H](CC=O)[C@H]1C[C@@H](C)O[C@H](C2CC2)C1. The Morgan fingerprint density at radius 2 is 1.50 bits per heavy atom. The van der Waals surface area contributed by atoms with Gasteiger partial charge in [-0.2, -0.15) is 0 Å². The van der Waals surface area contributed by atoms with Crippen LogP contribution >= 0.6 is 0 Å². The Morgan fingerprint density at radius 3 is 2.08 bits per heavy atom. The van der Waals surface area contributed by atoms with Gasteiger partial charge in [-0.25, -0.2) is 4.79 Å². The number of esters is 2. The van der Waals surface area contributed by atoms with Gasteiger partial charge in [0.1, 0.15) is 12.6 Å².